The fourth-order valence-corrected chi connectivity index (χ4v) is 3.19. The fourth-order valence-electron chi connectivity index (χ4n) is 3.19. The largest absolute Gasteiger partial charge is 0.490 e. The number of nitrogens with one attached hydrogen (secondary N) is 1. The number of nitrogens with zero attached hydrogens (tertiary/aromatic N) is 1. The summed E-state index contributed by atoms with van der Waals surface area (Å²) in [5.41, 5.74) is 1.18. The maximum Gasteiger partial charge on any atom is 0.219 e. The molecule has 2 atom stereocenters. The molecule has 5 nitrogen and oxygen atoms in total. The highest BCUT2D eigenvalue weighted by atomic mass is 16.5. The number of carbonyl (C=O) groups is 1. The van der Waals surface area contributed by atoms with Crippen LogP contribution in [0.5, 0.6) is 11.5 Å². The molecule has 0 aliphatic carbocycles. The molecule has 0 saturated carbocycles. The molecule has 0 spiro atoms. The number of hydrogen-bond donors (Lipinski definition) is 1. The van der Waals surface area contributed by atoms with E-state index in [1.54, 1.807) is 6.92 Å². The molecule has 1 aromatic rings. The molecule has 1 aliphatic rings. The topological polar surface area (TPSA) is 50.8 Å². The van der Waals surface area contributed by atoms with E-state index in [0.717, 1.165) is 37.6 Å². The molecule has 1 N–H and O–H groups in total. The molecule has 0 unspecified atom stereocenters. The van der Waals surface area contributed by atoms with Crippen molar-refractivity contribution in [1.82, 2.24) is 10.2 Å². The zero-order valence-electron chi connectivity index (χ0n) is 15.3. The minimum atomic E-state index is 0.174. The van der Waals surface area contributed by atoms with Crippen molar-refractivity contribution in [2.24, 2.45) is 5.92 Å². The van der Waals surface area contributed by atoms with Gasteiger partial charge in [0, 0.05) is 32.6 Å². The van der Waals surface area contributed by atoms with Crippen molar-refractivity contribution >= 4 is 5.91 Å². The number of rotatable bonds is 7. The normalized spacial score (nSPS) is 20.8. The van der Waals surface area contributed by atoms with Gasteiger partial charge in [0.15, 0.2) is 11.5 Å². The van der Waals surface area contributed by atoms with Gasteiger partial charge < -0.3 is 19.7 Å². The molecule has 1 aliphatic heterocycles. The number of ether oxygens (including phenoxy) is 2. The predicted molar refractivity (Wildman–Crippen MR) is 95.4 cm³/mol. The van der Waals surface area contributed by atoms with Crippen LogP contribution >= 0.6 is 0 Å². The first kappa shape index (κ1) is 18.6. The maximum atomic E-state index is 11.5. The van der Waals surface area contributed by atoms with Crippen molar-refractivity contribution in [1.29, 1.82) is 0 Å². The molecule has 1 aromatic carbocycles. The molecular formula is C19H30N2O3. The van der Waals surface area contributed by atoms with Gasteiger partial charge in [-0.2, -0.15) is 0 Å². The van der Waals surface area contributed by atoms with Gasteiger partial charge in [-0.3, -0.25) is 4.79 Å². The van der Waals surface area contributed by atoms with Crippen LogP contribution < -0.4 is 14.8 Å². The van der Waals surface area contributed by atoms with Gasteiger partial charge in [-0.1, -0.05) is 13.0 Å². The standard InChI is InChI=1S/C19H30N2O3/c1-5-23-18-8-7-16(11-19(18)24-6-2)12-20-17-9-10-21(15(4)22)13-14(17)3/h7-8,11,14,17,20H,5-6,9-10,12-13H2,1-4H3/t14-,17-/m0/s1. The Balaban J connectivity index is 1.94. The quantitative estimate of drug-likeness (QED) is 0.833. The van der Waals surface area contributed by atoms with Crippen molar-refractivity contribution in [2.45, 2.75) is 46.7 Å². The minimum absolute atomic E-state index is 0.174. The number of carbonyl (C=O) groups excluding carboxylic acids is 1. The second-order valence-electron chi connectivity index (χ2n) is 6.37. The molecule has 1 heterocycles. The number of likely N-dealkylation sites (tertiary alicyclic amines) is 1. The van der Waals surface area contributed by atoms with E-state index in [2.05, 4.69) is 24.4 Å². The van der Waals surface area contributed by atoms with Crippen molar-refractivity contribution in [2.75, 3.05) is 26.3 Å². The molecule has 1 amide bonds. The van der Waals surface area contributed by atoms with Crippen LogP contribution in [-0.4, -0.2) is 43.2 Å². The third kappa shape index (κ3) is 4.87. The van der Waals surface area contributed by atoms with Crippen molar-refractivity contribution in [3.05, 3.63) is 23.8 Å². The minimum Gasteiger partial charge on any atom is -0.490 e. The van der Waals surface area contributed by atoms with Crippen LogP contribution in [0.1, 0.15) is 39.7 Å². The smallest absolute Gasteiger partial charge is 0.219 e. The van der Waals surface area contributed by atoms with Crippen LogP contribution in [0.2, 0.25) is 0 Å². The zero-order valence-corrected chi connectivity index (χ0v) is 15.3. The van der Waals surface area contributed by atoms with Gasteiger partial charge in [0.25, 0.3) is 0 Å². The summed E-state index contributed by atoms with van der Waals surface area (Å²) in [7, 11) is 0. The van der Waals surface area contributed by atoms with Crippen LogP contribution in [0.25, 0.3) is 0 Å². The Morgan fingerprint density at radius 1 is 1.25 bits per heavy atom. The molecule has 2 rings (SSSR count). The van der Waals surface area contributed by atoms with Crippen molar-refractivity contribution < 1.29 is 14.3 Å². The Labute approximate surface area is 145 Å². The summed E-state index contributed by atoms with van der Waals surface area (Å²) in [6.45, 7) is 11.5. The molecule has 1 saturated heterocycles. The lowest BCUT2D eigenvalue weighted by atomic mass is 9.93. The molecule has 0 radical (unpaired) electrons. The lowest BCUT2D eigenvalue weighted by molar-refractivity contribution is -0.130. The van der Waals surface area contributed by atoms with Crippen LogP contribution in [-0.2, 0) is 11.3 Å². The summed E-state index contributed by atoms with van der Waals surface area (Å²) in [6.07, 6.45) is 0.996. The molecular weight excluding hydrogens is 304 g/mol. The monoisotopic (exact) mass is 334 g/mol. The van der Waals surface area contributed by atoms with E-state index in [4.69, 9.17) is 9.47 Å². The van der Waals surface area contributed by atoms with Crippen LogP contribution in [0.15, 0.2) is 18.2 Å². The van der Waals surface area contributed by atoms with E-state index < -0.39 is 0 Å². The Hall–Kier alpha value is -1.75. The van der Waals surface area contributed by atoms with E-state index in [1.165, 1.54) is 5.56 Å². The summed E-state index contributed by atoms with van der Waals surface area (Å²) in [4.78, 5) is 13.4. The van der Waals surface area contributed by atoms with Gasteiger partial charge in [-0.25, -0.2) is 0 Å². The Morgan fingerprint density at radius 3 is 2.58 bits per heavy atom. The maximum absolute atomic E-state index is 11.5. The summed E-state index contributed by atoms with van der Waals surface area (Å²) in [5.74, 6) is 2.23. The molecule has 0 bridgehead atoms. The van der Waals surface area contributed by atoms with Gasteiger partial charge in [0.05, 0.1) is 13.2 Å². The van der Waals surface area contributed by atoms with Gasteiger partial charge in [-0.05, 0) is 43.9 Å². The highest BCUT2D eigenvalue weighted by molar-refractivity contribution is 5.73. The average Bonchev–Trinajstić information content (AvgIpc) is 2.56. The highest BCUT2D eigenvalue weighted by Crippen LogP contribution is 2.28. The number of hydrogen-bond acceptors (Lipinski definition) is 4. The van der Waals surface area contributed by atoms with E-state index in [1.807, 2.05) is 24.8 Å². The average molecular weight is 334 g/mol. The fraction of sp³-hybridized carbons (Fsp3) is 0.632. The molecule has 1 fully saturated rings. The SMILES string of the molecule is CCOc1ccc(CN[C@H]2CCN(C(C)=O)C[C@@H]2C)cc1OCC. The van der Waals surface area contributed by atoms with E-state index in [-0.39, 0.29) is 5.91 Å². The highest BCUT2D eigenvalue weighted by Gasteiger charge is 2.26. The number of piperidine rings is 1. The predicted octanol–water partition coefficient (Wildman–Crippen LogP) is 2.83. The van der Waals surface area contributed by atoms with E-state index >= 15 is 0 Å². The van der Waals surface area contributed by atoms with Gasteiger partial charge in [-0.15, -0.1) is 0 Å². The Bertz CT molecular complexity index is 547. The van der Waals surface area contributed by atoms with Crippen molar-refractivity contribution in [3.63, 3.8) is 0 Å². The second kappa shape index (κ2) is 8.92. The Morgan fingerprint density at radius 2 is 1.96 bits per heavy atom. The van der Waals surface area contributed by atoms with Crippen LogP contribution in [0.3, 0.4) is 0 Å². The lowest BCUT2D eigenvalue weighted by Gasteiger charge is -2.37. The molecule has 5 heteroatoms. The summed E-state index contributed by atoms with van der Waals surface area (Å²) < 4.78 is 11.3. The van der Waals surface area contributed by atoms with Gasteiger partial charge in [0.1, 0.15) is 0 Å². The third-order valence-corrected chi connectivity index (χ3v) is 4.53. The summed E-state index contributed by atoms with van der Waals surface area (Å²) >= 11 is 0. The third-order valence-electron chi connectivity index (χ3n) is 4.53. The molecule has 134 valence electrons. The van der Waals surface area contributed by atoms with Gasteiger partial charge in [0.2, 0.25) is 5.91 Å². The van der Waals surface area contributed by atoms with Crippen molar-refractivity contribution in [3.8, 4) is 11.5 Å². The van der Waals surface area contributed by atoms with E-state index in [9.17, 15) is 4.79 Å². The molecule has 0 aromatic heterocycles. The van der Waals surface area contributed by atoms with Gasteiger partial charge >= 0.3 is 0 Å². The van der Waals surface area contributed by atoms with E-state index in [0.29, 0.717) is 25.2 Å². The summed E-state index contributed by atoms with van der Waals surface area (Å²) in [5, 5.41) is 3.63. The molecule has 24 heavy (non-hydrogen) atoms. The number of amides is 1. The summed E-state index contributed by atoms with van der Waals surface area (Å²) in [6, 6.07) is 6.54. The van der Waals surface area contributed by atoms with Crippen LogP contribution in [0.4, 0.5) is 0 Å². The van der Waals surface area contributed by atoms with Crippen LogP contribution in [0, 0.1) is 5.92 Å². The lowest BCUT2D eigenvalue weighted by Crippen LogP contribution is -2.49. The Kier molecular flexibility index (Phi) is 6.91. The zero-order chi connectivity index (χ0) is 17.5. The first-order valence-corrected chi connectivity index (χ1v) is 8.92. The second-order valence-corrected chi connectivity index (χ2v) is 6.37. The first-order chi connectivity index (χ1) is 11.5. The number of benzene rings is 1. The first-order valence-electron chi connectivity index (χ1n) is 8.92.